The van der Waals surface area contributed by atoms with E-state index in [2.05, 4.69) is 31.4 Å². The highest BCUT2D eigenvalue weighted by atomic mass is 79.9. The topological polar surface area (TPSA) is 59.3 Å². The van der Waals surface area contributed by atoms with Crippen LogP contribution in [0.25, 0.3) is 10.9 Å². The Hall–Kier alpha value is -2.47. The lowest BCUT2D eigenvalue weighted by molar-refractivity contribution is 0.292. The number of benzene rings is 2. The van der Waals surface area contributed by atoms with Gasteiger partial charge in [0.1, 0.15) is 0 Å². The number of hydrogen-bond donors (Lipinski definition) is 1. The zero-order valence-electron chi connectivity index (χ0n) is 12.3. The van der Waals surface area contributed by atoms with Gasteiger partial charge in [-0.15, -0.1) is 0 Å². The van der Waals surface area contributed by atoms with Crippen molar-refractivity contribution in [2.45, 2.75) is 12.6 Å². The molecule has 5 nitrogen and oxygen atoms in total. The standard InChI is InChI=1S/C17H13BrN4O/c1-17(11-6-8-12(18)9-7-11)21-19-10-15-20-14-5-3-2-4-13(14)16(23)22(15)17/h2-10,21H,1H3/t17-/m1/s1. The summed E-state index contributed by atoms with van der Waals surface area (Å²) in [6, 6.07) is 15.2. The summed E-state index contributed by atoms with van der Waals surface area (Å²) in [5.41, 5.74) is 3.79. The van der Waals surface area contributed by atoms with Gasteiger partial charge in [-0.25, -0.2) is 4.98 Å². The second kappa shape index (κ2) is 5.03. The van der Waals surface area contributed by atoms with E-state index in [9.17, 15) is 4.79 Å². The van der Waals surface area contributed by atoms with Crippen LogP contribution < -0.4 is 11.0 Å². The fraction of sp³-hybridized carbons (Fsp3) is 0.118. The summed E-state index contributed by atoms with van der Waals surface area (Å²) >= 11 is 3.43. The summed E-state index contributed by atoms with van der Waals surface area (Å²) in [6.07, 6.45) is 1.58. The Labute approximate surface area is 140 Å². The van der Waals surface area contributed by atoms with Crippen LogP contribution in [0.1, 0.15) is 18.3 Å². The first-order valence-corrected chi connectivity index (χ1v) is 7.97. The van der Waals surface area contributed by atoms with E-state index in [0.717, 1.165) is 10.0 Å². The maximum absolute atomic E-state index is 13.0. The number of rotatable bonds is 1. The molecule has 3 aromatic rings. The van der Waals surface area contributed by atoms with Gasteiger partial charge in [-0.05, 0) is 36.8 Å². The normalized spacial score (nSPS) is 19.4. The van der Waals surface area contributed by atoms with Gasteiger partial charge in [-0.1, -0.05) is 40.2 Å². The van der Waals surface area contributed by atoms with E-state index in [1.807, 2.05) is 49.4 Å². The van der Waals surface area contributed by atoms with E-state index in [1.165, 1.54) is 0 Å². The lowest BCUT2D eigenvalue weighted by atomic mass is 10.0. The molecule has 0 unspecified atom stereocenters. The van der Waals surface area contributed by atoms with Crippen LogP contribution in [-0.2, 0) is 5.66 Å². The van der Waals surface area contributed by atoms with Crippen LogP contribution in [0, 0.1) is 0 Å². The lowest BCUT2D eigenvalue weighted by Gasteiger charge is -2.35. The van der Waals surface area contributed by atoms with Crippen molar-refractivity contribution >= 4 is 33.0 Å². The third kappa shape index (κ3) is 2.09. The van der Waals surface area contributed by atoms with Gasteiger partial charge in [-0.2, -0.15) is 5.10 Å². The largest absolute Gasteiger partial charge is 0.280 e. The van der Waals surface area contributed by atoms with Gasteiger partial charge < -0.3 is 0 Å². The van der Waals surface area contributed by atoms with Crippen LogP contribution in [0.2, 0.25) is 0 Å². The van der Waals surface area contributed by atoms with Gasteiger partial charge in [-0.3, -0.25) is 14.8 Å². The Morgan fingerprint density at radius 1 is 1.13 bits per heavy atom. The average molecular weight is 369 g/mol. The fourth-order valence-electron chi connectivity index (χ4n) is 2.90. The van der Waals surface area contributed by atoms with Crippen LogP contribution in [0.4, 0.5) is 0 Å². The van der Waals surface area contributed by atoms with Crippen molar-refractivity contribution in [3.63, 3.8) is 0 Å². The highest BCUT2D eigenvalue weighted by molar-refractivity contribution is 9.10. The molecule has 0 aliphatic carbocycles. The van der Waals surface area contributed by atoms with E-state index >= 15 is 0 Å². The molecule has 1 atom stereocenters. The summed E-state index contributed by atoms with van der Waals surface area (Å²) in [5.74, 6) is 0.540. The van der Waals surface area contributed by atoms with Crippen molar-refractivity contribution in [3.05, 3.63) is 74.7 Å². The molecule has 0 fully saturated rings. The Morgan fingerprint density at radius 3 is 2.65 bits per heavy atom. The Balaban J connectivity index is 2.05. The molecule has 6 heteroatoms. The van der Waals surface area contributed by atoms with E-state index in [4.69, 9.17) is 0 Å². The summed E-state index contributed by atoms with van der Waals surface area (Å²) in [6.45, 7) is 1.92. The number of aromatic nitrogens is 2. The number of nitrogens with one attached hydrogen (secondary N) is 1. The van der Waals surface area contributed by atoms with Crippen molar-refractivity contribution in [2.24, 2.45) is 5.10 Å². The number of hydrogen-bond acceptors (Lipinski definition) is 4. The van der Waals surface area contributed by atoms with E-state index in [-0.39, 0.29) is 5.56 Å². The number of fused-ring (bicyclic) bond motifs is 2. The first kappa shape index (κ1) is 14.1. The minimum atomic E-state index is -0.793. The van der Waals surface area contributed by atoms with E-state index in [0.29, 0.717) is 16.7 Å². The summed E-state index contributed by atoms with van der Waals surface area (Å²) < 4.78 is 2.64. The molecule has 0 amide bonds. The summed E-state index contributed by atoms with van der Waals surface area (Å²) in [4.78, 5) is 17.6. The van der Waals surface area contributed by atoms with Gasteiger partial charge in [0.25, 0.3) is 5.56 Å². The molecule has 2 heterocycles. The molecule has 1 aromatic heterocycles. The van der Waals surface area contributed by atoms with Crippen molar-refractivity contribution in [1.82, 2.24) is 15.0 Å². The van der Waals surface area contributed by atoms with Gasteiger partial charge in [0, 0.05) is 4.47 Å². The second-order valence-electron chi connectivity index (χ2n) is 5.58. The molecular weight excluding hydrogens is 356 g/mol. The third-order valence-corrected chi connectivity index (χ3v) is 4.65. The summed E-state index contributed by atoms with van der Waals surface area (Å²) in [5, 5.41) is 4.80. The zero-order valence-corrected chi connectivity index (χ0v) is 13.9. The molecular formula is C17H13BrN4O. The fourth-order valence-corrected chi connectivity index (χ4v) is 3.17. The van der Waals surface area contributed by atoms with Crippen molar-refractivity contribution in [3.8, 4) is 0 Å². The van der Waals surface area contributed by atoms with Crippen molar-refractivity contribution in [1.29, 1.82) is 0 Å². The van der Waals surface area contributed by atoms with E-state index < -0.39 is 5.66 Å². The van der Waals surface area contributed by atoms with Crippen LogP contribution in [0.15, 0.2) is 62.9 Å². The first-order chi connectivity index (χ1) is 11.1. The molecule has 1 aliphatic rings. The smallest absolute Gasteiger partial charge is 0.263 e. The number of halogens is 1. The molecule has 0 saturated carbocycles. The van der Waals surface area contributed by atoms with Crippen LogP contribution >= 0.6 is 15.9 Å². The molecule has 0 saturated heterocycles. The molecule has 4 rings (SSSR count). The van der Waals surface area contributed by atoms with Gasteiger partial charge >= 0.3 is 0 Å². The van der Waals surface area contributed by atoms with Gasteiger partial charge in [0.05, 0.1) is 17.1 Å². The first-order valence-electron chi connectivity index (χ1n) is 7.18. The van der Waals surface area contributed by atoms with Crippen LogP contribution in [0.3, 0.4) is 0 Å². The van der Waals surface area contributed by atoms with Gasteiger partial charge in [0.15, 0.2) is 11.5 Å². The quantitative estimate of drug-likeness (QED) is 0.718. The molecule has 0 radical (unpaired) electrons. The highest BCUT2D eigenvalue weighted by Crippen LogP contribution is 2.26. The van der Waals surface area contributed by atoms with Crippen LogP contribution in [0.5, 0.6) is 0 Å². The average Bonchev–Trinajstić information content (AvgIpc) is 2.55. The Kier molecular flexibility index (Phi) is 3.09. The highest BCUT2D eigenvalue weighted by Gasteiger charge is 2.34. The molecule has 114 valence electrons. The van der Waals surface area contributed by atoms with Crippen molar-refractivity contribution in [2.75, 3.05) is 0 Å². The lowest BCUT2D eigenvalue weighted by Crippen LogP contribution is -2.52. The number of para-hydroxylation sites is 1. The molecule has 0 bridgehead atoms. The predicted octanol–water partition coefficient (Wildman–Crippen LogP) is 2.82. The molecule has 1 N–H and O–H groups in total. The Bertz CT molecular complexity index is 994. The predicted molar refractivity (Wildman–Crippen MR) is 93.6 cm³/mol. The monoisotopic (exact) mass is 368 g/mol. The molecule has 1 aliphatic heterocycles. The van der Waals surface area contributed by atoms with E-state index in [1.54, 1.807) is 16.8 Å². The number of nitrogens with zero attached hydrogens (tertiary/aromatic N) is 3. The second-order valence-corrected chi connectivity index (χ2v) is 6.49. The van der Waals surface area contributed by atoms with Gasteiger partial charge in [0.2, 0.25) is 0 Å². The molecule has 2 aromatic carbocycles. The maximum Gasteiger partial charge on any atom is 0.263 e. The minimum absolute atomic E-state index is 0.0883. The SMILES string of the molecule is C[C@@]1(c2ccc(Br)cc2)NN=Cc2nc3ccccc3c(=O)n21. The summed E-state index contributed by atoms with van der Waals surface area (Å²) in [7, 11) is 0. The molecule has 23 heavy (non-hydrogen) atoms. The maximum atomic E-state index is 13.0. The minimum Gasteiger partial charge on any atom is -0.280 e. The molecule has 0 spiro atoms. The number of hydrazone groups is 1. The Morgan fingerprint density at radius 2 is 1.87 bits per heavy atom. The zero-order chi connectivity index (χ0) is 16.0. The third-order valence-electron chi connectivity index (χ3n) is 4.12. The van der Waals surface area contributed by atoms with Crippen molar-refractivity contribution < 1.29 is 0 Å². The van der Waals surface area contributed by atoms with Crippen LogP contribution in [-0.4, -0.2) is 15.8 Å².